The zero-order valence-corrected chi connectivity index (χ0v) is 13.8. The zero-order chi connectivity index (χ0) is 18.0. The molecule has 3 N–H and O–H groups in total. The van der Waals surface area contributed by atoms with Crippen molar-refractivity contribution in [3.63, 3.8) is 0 Å². The van der Waals surface area contributed by atoms with Crippen molar-refractivity contribution in [3.05, 3.63) is 40.6 Å². The number of hydrogen-bond acceptors (Lipinski definition) is 6. The lowest BCUT2D eigenvalue weighted by Gasteiger charge is -2.21. The van der Waals surface area contributed by atoms with Crippen LogP contribution < -0.4 is 10.6 Å². The molecule has 25 heavy (non-hydrogen) atoms. The van der Waals surface area contributed by atoms with Crippen molar-refractivity contribution in [2.45, 2.75) is 6.42 Å². The Bertz CT molecular complexity index is 772. The summed E-state index contributed by atoms with van der Waals surface area (Å²) in [5.74, 6) is -1.14. The average Bonchev–Trinajstić information content (AvgIpc) is 2.92. The average molecular weight is 345 g/mol. The van der Waals surface area contributed by atoms with Crippen molar-refractivity contribution in [1.82, 2.24) is 10.2 Å². The fraction of sp³-hybridized carbons (Fsp3) is 0.353. The molecule has 132 valence electrons. The molecule has 3 rings (SSSR count). The number of ether oxygens (including phenoxy) is 1. The van der Waals surface area contributed by atoms with Gasteiger partial charge in [0, 0.05) is 24.3 Å². The van der Waals surface area contributed by atoms with Crippen molar-refractivity contribution < 1.29 is 24.2 Å². The van der Waals surface area contributed by atoms with Gasteiger partial charge in [-0.1, -0.05) is 6.07 Å². The molecule has 0 unspecified atom stereocenters. The Morgan fingerprint density at radius 1 is 1.40 bits per heavy atom. The highest BCUT2D eigenvalue weighted by molar-refractivity contribution is 6.09. The summed E-state index contributed by atoms with van der Waals surface area (Å²) >= 11 is 0. The Labute approximate surface area is 144 Å². The number of aliphatic hydroxyl groups excluding tert-OH is 1. The number of methoxy groups -OCH3 is 1. The monoisotopic (exact) mass is 345 g/mol. The molecule has 2 aliphatic rings. The highest BCUT2D eigenvalue weighted by Gasteiger charge is 2.35. The Kier molecular flexibility index (Phi) is 4.71. The summed E-state index contributed by atoms with van der Waals surface area (Å²) < 4.78 is 4.76. The predicted molar refractivity (Wildman–Crippen MR) is 88.8 cm³/mol. The molecule has 2 heterocycles. The van der Waals surface area contributed by atoms with E-state index in [-0.39, 0.29) is 42.8 Å². The van der Waals surface area contributed by atoms with Crippen LogP contribution in [0.1, 0.15) is 15.9 Å². The number of amides is 2. The number of fused-ring (bicyclic) bond motifs is 1. The first kappa shape index (κ1) is 17.0. The molecule has 0 spiro atoms. The van der Waals surface area contributed by atoms with Crippen LogP contribution in [0.2, 0.25) is 0 Å². The third kappa shape index (κ3) is 3.08. The minimum Gasteiger partial charge on any atom is -0.466 e. The maximum Gasteiger partial charge on any atom is 0.337 e. The molecular formula is C17H19N3O5. The maximum atomic E-state index is 12.6. The standard InChI is InChI=1S/C17H19N3O5/c1-25-17(24)12-9-20(7-8-21)16(23)14(12)19-13-4-2-3-11-10(13)5-6-18-15(11)22/h2-4,19,21H,5-9H2,1H3,(H,18,22). The molecule has 2 aliphatic heterocycles. The number of carbonyl (C=O) groups is 3. The van der Waals surface area contributed by atoms with Crippen molar-refractivity contribution >= 4 is 23.5 Å². The first-order chi connectivity index (χ1) is 12.1. The summed E-state index contributed by atoms with van der Waals surface area (Å²) in [5.41, 5.74) is 2.30. The molecule has 0 saturated carbocycles. The minimum absolute atomic E-state index is 0.0733. The Morgan fingerprint density at radius 2 is 2.20 bits per heavy atom. The van der Waals surface area contributed by atoms with E-state index in [4.69, 9.17) is 9.84 Å². The number of hydrogen-bond donors (Lipinski definition) is 3. The summed E-state index contributed by atoms with van der Waals surface area (Å²) in [6, 6.07) is 5.20. The number of aliphatic hydroxyl groups is 1. The number of benzene rings is 1. The highest BCUT2D eigenvalue weighted by Crippen LogP contribution is 2.28. The van der Waals surface area contributed by atoms with Gasteiger partial charge < -0.3 is 25.4 Å². The third-order valence-electron chi connectivity index (χ3n) is 4.29. The van der Waals surface area contributed by atoms with E-state index >= 15 is 0 Å². The molecule has 1 aromatic carbocycles. The van der Waals surface area contributed by atoms with E-state index in [0.717, 1.165) is 5.56 Å². The summed E-state index contributed by atoms with van der Waals surface area (Å²) in [6.45, 7) is 0.510. The van der Waals surface area contributed by atoms with E-state index in [1.54, 1.807) is 18.2 Å². The summed E-state index contributed by atoms with van der Waals surface area (Å²) in [4.78, 5) is 37.9. The molecule has 0 aromatic heterocycles. The number of nitrogens with zero attached hydrogens (tertiary/aromatic N) is 1. The van der Waals surface area contributed by atoms with Gasteiger partial charge in [0.1, 0.15) is 5.70 Å². The van der Waals surface area contributed by atoms with Crippen molar-refractivity contribution in [3.8, 4) is 0 Å². The number of carbonyl (C=O) groups excluding carboxylic acids is 3. The maximum absolute atomic E-state index is 12.6. The number of rotatable bonds is 5. The summed E-state index contributed by atoms with van der Waals surface area (Å²) in [5, 5.41) is 14.9. The van der Waals surface area contributed by atoms with Gasteiger partial charge in [-0.05, 0) is 24.1 Å². The molecule has 0 saturated heterocycles. The second kappa shape index (κ2) is 6.94. The molecule has 1 aromatic rings. The number of β-amino-alcohol motifs (C(OH)–C–C–N with tert-alkyl or cyclic N) is 1. The van der Waals surface area contributed by atoms with E-state index < -0.39 is 5.97 Å². The van der Waals surface area contributed by atoms with Crippen LogP contribution in [-0.4, -0.2) is 61.1 Å². The van der Waals surface area contributed by atoms with Crippen LogP contribution in [-0.2, 0) is 20.7 Å². The lowest BCUT2D eigenvalue weighted by Crippen LogP contribution is -2.33. The highest BCUT2D eigenvalue weighted by atomic mass is 16.5. The molecule has 2 amide bonds. The van der Waals surface area contributed by atoms with Crippen LogP contribution in [0.15, 0.2) is 29.5 Å². The lowest BCUT2D eigenvalue weighted by atomic mass is 9.98. The van der Waals surface area contributed by atoms with Crippen molar-refractivity contribution in [2.24, 2.45) is 0 Å². The van der Waals surface area contributed by atoms with E-state index in [0.29, 0.717) is 24.2 Å². The van der Waals surface area contributed by atoms with Gasteiger partial charge in [-0.3, -0.25) is 9.59 Å². The Hall–Kier alpha value is -2.87. The first-order valence-electron chi connectivity index (χ1n) is 7.95. The van der Waals surface area contributed by atoms with Gasteiger partial charge in [0.15, 0.2) is 0 Å². The van der Waals surface area contributed by atoms with Gasteiger partial charge in [-0.25, -0.2) is 4.79 Å². The number of nitrogens with one attached hydrogen (secondary N) is 2. The van der Waals surface area contributed by atoms with Crippen LogP contribution >= 0.6 is 0 Å². The van der Waals surface area contributed by atoms with E-state index in [9.17, 15) is 14.4 Å². The second-order valence-electron chi connectivity index (χ2n) is 5.76. The van der Waals surface area contributed by atoms with Gasteiger partial charge in [0.25, 0.3) is 11.8 Å². The minimum atomic E-state index is -0.598. The first-order valence-corrected chi connectivity index (χ1v) is 7.95. The molecule has 8 heteroatoms. The molecule has 0 atom stereocenters. The molecule has 0 fully saturated rings. The van der Waals surface area contributed by atoms with E-state index in [2.05, 4.69) is 10.6 Å². The molecule has 0 radical (unpaired) electrons. The summed E-state index contributed by atoms with van der Waals surface area (Å²) in [7, 11) is 1.25. The fourth-order valence-electron chi connectivity index (χ4n) is 3.07. The van der Waals surface area contributed by atoms with Gasteiger partial charge in [-0.15, -0.1) is 0 Å². The van der Waals surface area contributed by atoms with Crippen LogP contribution in [0.3, 0.4) is 0 Å². The second-order valence-corrected chi connectivity index (χ2v) is 5.76. The fourth-order valence-corrected chi connectivity index (χ4v) is 3.07. The molecule has 8 nitrogen and oxygen atoms in total. The van der Waals surface area contributed by atoms with Crippen molar-refractivity contribution in [2.75, 3.05) is 38.7 Å². The SMILES string of the molecule is COC(=O)C1=C(Nc2cccc3c2CCNC3=O)C(=O)N(CCO)C1. The number of anilines is 1. The van der Waals surface area contributed by atoms with Gasteiger partial charge in [-0.2, -0.15) is 0 Å². The van der Waals surface area contributed by atoms with Gasteiger partial charge in [0.05, 0.1) is 25.8 Å². The van der Waals surface area contributed by atoms with Crippen LogP contribution in [0.4, 0.5) is 5.69 Å². The van der Waals surface area contributed by atoms with E-state index in [1.165, 1.54) is 12.0 Å². The Balaban J connectivity index is 1.97. The Morgan fingerprint density at radius 3 is 2.92 bits per heavy atom. The topological polar surface area (TPSA) is 108 Å². The van der Waals surface area contributed by atoms with Crippen LogP contribution in [0, 0.1) is 0 Å². The van der Waals surface area contributed by atoms with E-state index in [1.807, 2.05) is 0 Å². The number of esters is 1. The molecule has 0 bridgehead atoms. The lowest BCUT2D eigenvalue weighted by molar-refractivity contribution is -0.136. The van der Waals surface area contributed by atoms with Crippen LogP contribution in [0.5, 0.6) is 0 Å². The van der Waals surface area contributed by atoms with Crippen molar-refractivity contribution in [1.29, 1.82) is 0 Å². The smallest absolute Gasteiger partial charge is 0.337 e. The van der Waals surface area contributed by atoms with Gasteiger partial charge >= 0.3 is 5.97 Å². The quantitative estimate of drug-likeness (QED) is 0.630. The van der Waals surface area contributed by atoms with Gasteiger partial charge in [0.2, 0.25) is 0 Å². The normalized spacial score (nSPS) is 16.6. The van der Waals surface area contributed by atoms with Crippen LogP contribution in [0.25, 0.3) is 0 Å². The molecular weight excluding hydrogens is 326 g/mol. The largest absolute Gasteiger partial charge is 0.466 e. The molecule has 0 aliphatic carbocycles. The summed E-state index contributed by atoms with van der Waals surface area (Å²) in [6.07, 6.45) is 0.625. The third-order valence-corrected chi connectivity index (χ3v) is 4.29. The zero-order valence-electron chi connectivity index (χ0n) is 13.8. The predicted octanol–water partition coefficient (Wildman–Crippen LogP) is -0.354.